The minimum Gasteiger partial charge on any atom is -0.466 e. The van der Waals surface area contributed by atoms with Crippen molar-refractivity contribution in [3.63, 3.8) is 0 Å². The van der Waals surface area contributed by atoms with Crippen molar-refractivity contribution in [1.29, 1.82) is 0 Å². The summed E-state index contributed by atoms with van der Waals surface area (Å²) in [4.78, 5) is 41.3. The SMILES string of the molecule is CCOC(=O)C1CCN(C(=O)CCN(Cc2ccccc2)C(=O)Nc2cccc(C)c2)CC1. The van der Waals surface area contributed by atoms with E-state index in [1.807, 2.05) is 61.5 Å². The molecular weight excluding hydrogens is 418 g/mol. The lowest BCUT2D eigenvalue weighted by Crippen LogP contribution is -2.43. The summed E-state index contributed by atoms with van der Waals surface area (Å²) in [7, 11) is 0. The molecule has 0 atom stereocenters. The van der Waals surface area contributed by atoms with Crippen LogP contribution in [0.2, 0.25) is 0 Å². The molecule has 0 unspecified atom stereocenters. The van der Waals surface area contributed by atoms with Crippen molar-refractivity contribution in [3.8, 4) is 0 Å². The summed E-state index contributed by atoms with van der Waals surface area (Å²) in [5.74, 6) is -0.311. The first kappa shape index (κ1) is 24.3. The zero-order chi connectivity index (χ0) is 23.6. The van der Waals surface area contributed by atoms with E-state index in [0.717, 1.165) is 16.8 Å². The predicted octanol–water partition coefficient (Wildman–Crippen LogP) is 4.22. The molecular formula is C26H33N3O4. The molecule has 7 heteroatoms. The van der Waals surface area contributed by atoms with Crippen molar-refractivity contribution in [1.82, 2.24) is 9.80 Å². The number of ether oxygens (including phenoxy) is 1. The number of carbonyl (C=O) groups excluding carboxylic acids is 3. The Hall–Kier alpha value is -3.35. The number of aryl methyl sites for hydroxylation is 1. The number of likely N-dealkylation sites (tertiary alicyclic amines) is 1. The summed E-state index contributed by atoms with van der Waals surface area (Å²) in [6.07, 6.45) is 1.47. The van der Waals surface area contributed by atoms with Crippen molar-refractivity contribution in [2.45, 2.75) is 39.7 Å². The van der Waals surface area contributed by atoms with E-state index < -0.39 is 0 Å². The van der Waals surface area contributed by atoms with Gasteiger partial charge in [-0.3, -0.25) is 9.59 Å². The van der Waals surface area contributed by atoms with Crippen LogP contribution in [0.4, 0.5) is 10.5 Å². The summed E-state index contributed by atoms with van der Waals surface area (Å²) in [5, 5.41) is 2.95. The van der Waals surface area contributed by atoms with Crippen LogP contribution in [-0.4, -0.2) is 53.9 Å². The van der Waals surface area contributed by atoms with Gasteiger partial charge in [0.2, 0.25) is 5.91 Å². The van der Waals surface area contributed by atoms with E-state index in [2.05, 4.69) is 5.32 Å². The number of carbonyl (C=O) groups is 3. The highest BCUT2D eigenvalue weighted by molar-refractivity contribution is 5.89. The molecule has 0 spiro atoms. The fourth-order valence-corrected chi connectivity index (χ4v) is 3.99. The van der Waals surface area contributed by atoms with Gasteiger partial charge in [-0.15, -0.1) is 0 Å². The fraction of sp³-hybridized carbons (Fsp3) is 0.423. The molecule has 1 aliphatic rings. The van der Waals surface area contributed by atoms with Gasteiger partial charge in [-0.05, 0) is 49.9 Å². The molecule has 1 fully saturated rings. The van der Waals surface area contributed by atoms with Crippen molar-refractivity contribution in [2.24, 2.45) is 5.92 Å². The fourth-order valence-electron chi connectivity index (χ4n) is 3.99. The maximum atomic E-state index is 13.0. The molecule has 1 aliphatic heterocycles. The highest BCUT2D eigenvalue weighted by Crippen LogP contribution is 2.20. The van der Waals surface area contributed by atoms with Crippen LogP contribution in [0.25, 0.3) is 0 Å². The normalized spacial score (nSPS) is 13.9. The third-order valence-corrected chi connectivity index (χ3v) is 5.84. The second-order valence-electron chi connectivity index (χ2n) is 8.36. The van der Waals surface area contributed by atoms with Gasteiger partial charge in [-0.25, -0.2) is 4.79 Å². The standard InChI is InChI=1S/C26H33N3O4/c1-3-33-25(31)22-12-15-28(16-13-22)24(30)14-17-29(19-21-9-5-4-6-10-21)26(32)27-23-11-7-8-20(2)18-23/h4-11,18,22H,3,12-17,19H2,1-2H3,(H,27,32). The number of esters is 1. The lowest BCUT2D eigenvalue weighted by molar-refractivity contribution is -0.151. The third-order valence-electron chi connectivity index (χ3n) is 5.84. The maximum Gasteiger partial charge on any atom is 0.322 e. The van der Waals surface area contributed by atoms with Gasteiger partial charge in [0, 0.05) is 38.3 Å². The average Bonchev–Trinajstić information content (AvgIpc) is 2.82. The van der Waals surface area contributed by atoms with Gasteiger partial charge in [0.1, 0.15) is 0 Å². The third kappa shape index (κ3) is 7.34. The van der Waals surface area contributed by atoms with Crippen LogP contribution in [-0.2, 0) is 20.9 Å². The van der Waals surface area contributed by atoms with Crippen LogP contribution in [0.5, 0.6) is 0 Å². The second kappa shape index (κ2) is 12.0. The topological polar surface area (TPSA) is 79.0 Å². The summed E-state index contributed by atoms with van der Waals surface area (Å²) in [6.45, 7) is 5.95. The molecule has 3 rings (SSSR count). The quantitative estimate of drug-likeness (QED) is 0.610. The molecule has 0 bridgehead atoms. The number of nitrogens with one attached hydrogen (secondary N) is 1. The van der Waals surface area contributed by atoms with Gasteiger partial charge >= 0.3 is 12.0 Å². The summed E-state index contributed by atoms with van der Waals surface area (Å²) in [6, 6.07) is 17.1. The Morgan fingerprint density at radius 3 is 2.45 bits per heavy atom. The van der Waals surface area contributed by atoms with Crippen LogP contribution in [0.1, 0.15) is 37.3 Å². The van der Waals surface area contributed by atoms with Crippen molar-refractivity contribution in [3.05, 3.63) is 65.7 Å². The first-order valence-corrected chi connectivity index (χ1v) is 11.6. The van der Waals surface area contributed by atoms with Gasteiger partial charge in [-0.1, -0.05) is 42.5 Å². The molecule has 0 saturated carbocycles. The first-order valence-electron chi connectivity index (χ1n) is 11.6. The van der Waals surface area contributed by atoms with Gasteiger partial charge in [-0.2, -0.15) is 0 Å². The van der Waals surface area contributed by atoms with E-state index in [4.69, 9.17) is 4.74 Å². The molecule has 0 radical (unpaired) electrons. The lowest BCUT2D eigenvalue weighted by Gasteiger charge is -2.31. The molecule has 2 aromatic carbocycles. The van der Waals surface area contributed by atoms with E-state index >= 15 is 0 Å². The molecule has 1 N–H and O–H groups in total. The molecule has 7 nitrogen and oxygen atoms in total. The van der Waals surface area contributed by atoms with Crippen LogP contribution < -0.4 is 5.32 Å². The lowest BCUT2D eigenvalue weighted by atomic mass is 9.97. The molecule has 0 aliphatic carbocycles. The Bertz CT molecular complexity index is 940. The van der Waals surface area contributed by atoms with Crippen LogP contribution >= 0.6 is 0 Å². The van der Waals surface area contributed by atoms with Gasteiger partial charge in [0.05, 0.1) is 12.5 Å². The largest absolute Gasteiger partial charge is 0.466 e. The zero-order valence-corrected chi connectivity index (χ0v) is 19.5. The molecule has 33 heavy (non-hydrogen) atoms. The van der Waals surface area contributed by atoms with Gasteiger partial charge in [0.25, 0.3) is 0 Å². The smallest absolute Gasteiger partial charge is 0.322 e. The number of nitrogens with zero attached hydrogens (tertiary/aromatic N) is 2. The van der Waals surface area contributed by atoms with Crippen molar-refractivity contribution >= 4 is 23.6 Å². The van der Waals surface area contributed by atoms with Crippen molar-refractivity contribution < 1.29 is 19.1 Å². The second-order valence-corrected chi connectivity index (χ2v) is 8.36. The number of hydrogen-bond donors (Lipinski definition) is 1. The summed E-state index contributed by atoms with van der Waals surface area (Å²) < 4.78 is 5.10. The summed E-state index contributed by atoms with van der Waals surface area (Å²) in [5.41, 5.74) is 2.79. The molecule has 1 heterocycles. The van der Waals surface area contributed by atoms with E-state index in [1.54, 1.807) is 16.7 Å². The van der Waals surface area contributed by atoms with Crippen LogP contribution in [0, 0.1) is 12.8 Å². The number of rotatable bonds is 8. The minimum absolute atomic E-state index is 0.00118. The first-order chi connectivity index (χ1) is 16.0. The predicted molar refractivity (Wildman–Crippen MR) is 128 cm³/mol. The molecule has 3 amide bonds. The Labute approximate surface area is 195 Å². The minimum atomic E-state index is -0.238. The van der Waals surface area contributed by atoms with E-state index in [-0.39, 0.29) is 30.2 Å². The number of piperidine rings is 1. The molecule has 0 aromatic heterocycles. The van der Waals surface area contributed by atoms with Crippen LogP contribution in [0.3, 0.4) is 0 Å². The monoisotopic (exact) mass is 451 g/mol. The average molecular weight is 452 g/mol. The number of hydrogen-bond acceptors (Lipinski definition) is 4. The van der Waals surface area contributed by atoms with E-state index in [1.165, 1.54) is 0 Å². The number of benzene rings is 2. The highest BCUT2D eigenvalue weighted by Gasteiger charge is 2.28. The zero-order valence-electron chi connectivity index (χ0n) is 19.5. The molecule has 176 valence electrons. The number of urea groups is 1. The van der Waals surface area contributed by atoms with E-state index in [9.17, 15) is 14.4 Å². The Morgan fingerprint density at radius 2 is 1.79 bits per heavy atom. The maximum absolute atomic E-state index is 13.0. The molecule has 2 aromatic rings. The number of anilines is 1. The Kier molecular flexibility index (Phi) is 8.87. The van der Waals surface area contributed by atoms with Crippen molar-refractivity contribution in [2.75, 3.05) is 31.6 Å². The molecule has 1 saturated heterocycles. The van der Waals surface area contributed by atoms with Gasteiger partial charge in [0.15, 0.2) is 0 Å². The van der Waals surface area contributed by atoms with Gasteiger partial charge < -0.3 is 19.9 Å². The summed E-state index contributed by atoms with van der Waals surface area (Å²) >= 11 is 0. The van der Waals surface area contributed by atoms with E-state index in [0.29, 0.717) is 45.6 Å². The highest BCUT2D eigenvalue weighted by atomic mass is 16.5. The Morgan fingerprint density at radius 1 is 1.06 bits per heavy atom. The van der Waals surface area contributed by atoms with Crippen LogP contribution in [0.15, 0.2) is 54.6 Å². The Balaban J connectivity index is 1.58. The number of amides is 3.